The molecule has 0 spiro atoms. The lowest BCUT2D eigenvalue weighted by molar-refractivity contribution is -0.139. The molecule has 0 atom stereocenters. The van der Waals surface area contributed by atoms with Crippen LogP contribution < -0.4 is 0 Å². The Morgan fingerprint density at radius 3 is 2.19 bits per heavy atom. The van der Waals surface area contributed by atoms with Crippen molar-refractivity contribution in [2.24, 2.45) is 0 Å². The van der Waals surface area contributed by atoms with Crippen LogP contribution in [0.2, 0.25) is 0 Å². The number of carbonyl (C=O) groups is 1. The van der Waals surface area contributed by atoms with Gasteiger partial charge in [0.15, 0.2) is 0 Å². The molecule has 5 heteroatoms. The van der Waals surface area contributed by atoms with Crippen LogP contribution in [0.5, 0.6) is 0 Å². The van der Waals surface area contributed by atoms with Crippen LogP contribution in [0.25, 0.3) is 0 Å². The summed E-state index contributed by atoms with van der Waals surface area (Å²) < 4.78 is 16.0. The summed E-state index contributed by atoms with van der Waals surface area (Å²) in [5.41, 5.74) is -0.680. The normalized spacial score (nSPS) is 22.7. The number of rotatable bonds is 3. The quantitative estimate of drug-likeness (QED) is 0.543. The molecule has 0 unspecified atom stereocenters. The van der Waals surface area contributed by atoms with Crippen molar-refractivity contribution in [2.75, 3.05) is 7.11 Å². The van der Waals surface area contributed by atoms with Gasteiger partial charge in [-0.2, -0.15) is 0 Å². The van der Waals surface area contributed by atoms with Gasteiger partial charge in [0.05, 0.1) is 24.7 Å². The molecule has 0 aromatic rings. The lowest BCUT2D eigenvalue weighted by Crippen LogP contribution is -2.41. The van der Waals surface area contributed by atoms with E-state index in [1.165, 1.54) is 7.11 Å². The molecule has 1 heterocycles. The molecule has 1 aliphatic rings. The minimum absolute atomic E-state index is 0.237. The largest absolute Gasteiger partial charge is 0.486 e. The van der Waals surface area contributed by atoms with Gasteiger partial charge in [0, 0.05) is 0 Å². The molecule has 16 heavy (non-hydrogen) atoms. The van der Waals surface area contributed by atoms with E-state index in [1.54, 1.807) is 12.1 Å². The third-order valence-electron chi connectivity index (χ3n) is 3.08. The molecule has 0 aromatic heterocycles. The number of esters is 1. The van der Waals surface area contributed by atoms with Gasteiger partial charge in [-0.3, -0.25) is 4.79 Å². The zero-order chi connectivity index (χ0) is 12.4. The number of ether oxygens (including phenoxy) is 1. The van der Waals surface area contributed by atoms with Crippen LogP contribution >= 0.6 is 0 Å². The molecule has 1 rings (SSSR count). The van der Waals surface area contributed by atoms with Crippen molar-refractivity contribution in [2.45, 2.75) is 45.3 Å². The molecule has 0 radical (unpaired) electrons. The smallest absolute Gasteiger partial charge is 0.469 e. The van der Waals surface area contributed by atoms with Gasteiger partial charge >= 0.3 is 13.1 Å². The lowest BCUT2D eigenvalue weighted by Gasteiger charge is -2.32. The Labute approximate surface area is 97.1 Å². The highest BCUT2D eigenvalue weighted by Crippen LogP contribution is 2.36. The fourth-order valence-electron chi connectivity index (χ4n) is 1.33. The molecule has 90 valence electrons. The summed E-state index contributed by atoms with van der Waals surface area (Å²) in [5, 5.41) is 0. The molecule has 1 aliphatic heterocycles. The second-order valence-electron chi connectivity index (χ2n) is 4.83. The lowest BCUT2D eigenvalue weighted by atomic mass is 9.90. The van der Waals surface area contributed by atoms with Gasteiger partial charge in [-0.25, -0.2) is 0 Å². The molecular formula is C11H19BO4. The summed E-state index contributed by atoms with van der Waals surface area (Å²) in [7, 11) is 0.972. The van der Waals surface area contributed by atoms with E-state index in [1.807, 2.05) is 27.7 Å². The summed E-state index contributed by atoms with van der Waals surface area (Å²) in [4.78, 5) is 10.9. The van der Waals surface area contributed by atoms with E-state index < -0.39 is 7.12 Å². The third kappa shape index (κ3) is 2.86. The van der Waals surface area contributed by atoms with Crippen molar-refractivity contribution in [1.29, 1.82) is 0 Å². The fourth-order valence-corrected chi connectivity index (χ4v) is 1.33. The second kappa shape index (κ2) is 4.59. The van der Waals surface area contributed by atoms with Crippen molar-refractivity contribution < 1.29 is 18.8 Å². The zero-order valence-corrected chi connectivity index (χ0v) is 10.6. The zero-order valence-electron chi connectivity index (χ0n) is 10.6. The first kappa shape index (κ1) is 13.3. The maximum absolute atomic E-state index is 10.9. The number of hydrogen-bond acceptors (Lipinski definition) is 4. The van der Waals surface area contributed by atoms with Gasteiger partial charge in [-0.1, -0.05) is 12.1 Å². The van der Waals surface area contributed by atoms with Crippen molar-refractivity contribution in [3.63, 3.8) is 0 Å². The average Bonchev–Trinajstić information content (AvgIpc) is 2.35. The van der Waals surface area contributed by atoms with Gasteiger partial charge in [-0.05, 0) is 27.7 Å². The Balaban J connectivity index is 2.51. The third-order valence-corrected chi connectivity index (χ3v) is 3.08. The van der Waals surface area contributed by atoms with E-state index in [0.717, 1.165) is 0 Å². The molecule has 4 nitrogen and oxygen atoms in total. The van der Waals surface area contributed by atoms with E-state index in [-0.39, 0.29) is 23.6 Å². The van der Waals surface area contributed by atoms with Crippen LogP contribution in [0.1, 0.15) is 34.1 Å². The minimum Gasteiger partial charge on any atom is -0.469 e. The van der Waals surface area contributed by atoms with Gasteiger partial charge in [-0.15, -0.1) is 0 Å². The van der Waals surface area contributed by atoms with Gasteiger partial charge < -0.3 is 14.0 Å². The molecule has 0 saturated carbocycles. The summed E-state index contributed by atoms with van der Waals surface area (Å²) in [6.07, 6.45) is 1.94. The summed E-state index contributed by atoms with van der Waals surface area (Å²) in [5.74, 6) is 1.47. The number of hydrogen-bond donors (Lipinski definition) is 0. The number of carbonyl (C=O) groups excluding carboxylic acids is 1. The van der Waals surface area contributed by atoms with Crippen LogP contribution in [-0.4, -0.2) is 31.4 Å². The molecule has 1 saturated heterocycles. The maximum Gasteiger partial charge on any atom is 0.486 e. The molecule has 0 bridgehead atoms. The Morgan fingerprint density at radius 2 is 1.75 bits per heavy atom. The topological polar surface area (TPSA) is 44.8 Å². The summed E-state index contributed by atoms with van der Waals surface area (Å²) in [6, 6.07) is 0. The highest BCUT2D eigenvalue weighted by atomic mass is 16.7. The Kier molecular flexibility index (Phi) is 3.81. The van der Waals surface area contributed by atoms with E-state index in [4.69, 9.17) is 9.31 Å². The van der Waals surface area contributed by atoms with Crippen LogP contribution in [0.4, 0.5) is 0 Å². The standard InChI is InChI=1S/C11H19BO4/c1-10(2)11(3,4)16-12(15-10)8-6-7-9(13)14-5/h6,8H,7H2,1-5H3/b8-6+. The van der Waals surface area contributed by atoms with Gasteiger partial charge in [0.25, 0.3) is 0 Å². The van der Waals surface area contributed by atoms with Crippen LogP contribution in [-0.2, 0) is 18.8 Å². The van der Waals surface area contributed by atoms with Crippen molar-refractivity contribution in [1.82, 2.24) is 0 Å². The average molecular weight is 226 g/mol. The van der Waals surface area contributed by atoms with E-state index in [9.17, 15) is 4.79 Å². The molecule has 1 fully saturated rings. The highest BCUT2D eigenvalue weighted by molar-refractivity contribution is 6.51. The van der Waals surface area contributed by atoms with Crippen molar-refractivity contribution >= 4 is 13.1 Å². The first-order chi connectivity index (χ1) is 7.28. The number of methoxy groups -OCH3 is 1. The highest BCUT2D eigenvalue weighted by Gasteiger charge is 2.49. The molecule has 0 aromatic carbocycles. The monoisotopic (exact) mass is 226 g/mol. The molecule has 0 amide bonds. The van der Waals surface area contributed by atoms with Crippen LogP contribution in [0.3, 0.4) is 0 Å². The summed E-state index contributed by atoms with van der Waals surface area (Å²) >= 11 is 0. The summed E-state index contributed by atoms with van der Waals surface area (Å²) in [6.45, 7) is 7.95. The first-order valence-electron chi connectivity index (χ1n) is 5.37. The Bertz CT molecular complexity index is 280. The first-order valence-corrected chi connectivity index (χ1v) is 5.37. The minimum atomic E-state index is -0.394. The Morgan fingerprint density at radius 1 is 1.25 bits per heavy atom. The maximum atomic E-state index is 10.9. The Hall–Kier alpha value is -0.805. The molecule has 0 N–H and O–H groups in total. The predicted molar refractivity (Wildman–Crippen MR) is 61.9 cm³/mol. The fraction of sp³-hybridized carbons (Fsp3) is 0.727. The van der Waals surface area contributed by atoms with Crippen molar-refractivity contribution in [3.05, 3.63) is 12.1 Å². The van der Waals surface area contributed by atoms with E-state index in [2.05, 4.69) is 4.74 Å². The SMILES string of the molecule is COC(=O)C/C=C/B1OC(C)(C)C(C)(C)O1. The van der Waals surface area contributed by atoms with Gasteiger partial charge in [0.2, 0.25) is 0 Å². The molecule has 0 aliphatic carbocycles. The van der Waals surface area contributed by atoms with Gasteiger partial charge in [0.1, 0.15) is 0 Å². The second-order valence-corrected chi connectivity index (χ2v) is 4.83. The van der Waals surface area contributed by atoms with Crippen LogP contribution in [0, 0.1) is 0 Å². The molecular weight excluding hydrogens is 207 g/mol. The van der Waals surface area contributed by atoms with E-state index >= 15 is 0 Å². The predicted octanol–water partition coefficient (Wildman–Crippen LogP) is 1.74. The van der Waals surface area contributed by atoms with Crippen molar-refractivity contribution in [3.8, 4) is 0 Å². The van der Waals surface area contributed by atoms with Crippen LogP contribution in [0.15, 0.2) is 12.1 Å². The van der Waals surface area contributed by atoms with E-state index in [0.29, 0.717) is 0 Å².